The monoisotopic (exact) mass is 466 g/mol. The lowest BCUT2D eigenvalue weighted by molar-refractivity contribution is -0.404. The van der Waals surface area contributed by atoms with E-state index in [2.05, 4.69) is 15.6 Å². The van der Waals surface area contributed by atoms with Crippen molar-refractivity contribution in [3.05, 3.63) is 86.2 Å². The maximum atomic E-state index is 12.7. The summed E-state index contributed by atoms with van der Waals surface area (Å²) in [6, 6.07) is 14.1. The molecule has 2 aromatic carbocycles. The van der Waals surface area contributed by atoms with Crippen molar-refractivity contribution < 1.29 is 14.5 Å². The average Bonchev–Trinajstić information content (AvgIpc) is 3.24. The third-order valence-corrected chi connectivity index (χ3v) is 6.15. The Bertz CT molecular complexity index is 1210. The summed E-state index contributed by atoms with van der Waals surface area (Å²) < 4.78 is 5.15. The minimum Gasteiger partial charge on any atom is -0.497 e. The van der Waals surface area contributed by atoms with Gasteiger partial charge in [0.1, 0.15) is 5.75 Å². The van der Waals surface area contributed by atoms with Crippen molar-refractivity contribution in [2.45, 2.75) is 13.0 Å². The summed E-state index contributed by atoms with van der Waals surface area (Å²) in [5.41, 5.74) is 8.42. The number of carbonyl (C=O) groups is 1. The number of nitrogen functional groups attached to an aromatic ring is 1. The van der Waals surface area contributed by atoms with Gasteiger partial charge in [-0.2, -0.15) is 0 Å². The number of ether oxygens (including phenoxy) is 1. The number of hydrogen-bond acceptors (Lipinski definition) is 9. The first-order valence-electron chi connectivity index (χ1n) is 10.1. The molecule has 11 heteroatoms. The summed E-state index contributed by atoms with van der Waals surface area (Å²) in [6.45, 7) is 0.919. The molecule has 1 amide bonds. The molecule has 2 heterocycles. The molecule has 0 saturated heterocycles. The van der Waals surface area contributed by atoms with Crippen LogP contribution in [0.4, 0.5) is 17.1 Å². The molecule has 10 nitrogen and oxygen atoms in total. The highest BCUT2D eigenvalue weighted by atomic mass is 32.1. The zero-order valence-electron chi connectivity index (χ0n) is 17.8. The summed E-state index contributed by atoms with van der Waals surface area (Å²) in [5.74, 6) is 0.708. The molecule has 0 unspecified atom stereocenters. The Balaban J connectivity index is 1.50. The molecule has 33 heavy (non-hydrogen) atoms. The third-order valence-electron chi connectivity index (χ3n) is 5.07. The van der Waals surface area contributed by atoms with Crippen molar-refractivity contribution in [1.82, 2.24) is 9.88 Å². The predicted octanol–water partition coefficient (Wildman–Crippen LogP) is 3.53. The van der Waals surface area contributed by atoms with Crippen molar-refractivity contribution >= 4 is 34.3 Å². The molecule has 1 aliphatic heterocycles. The highest BCUT2D eigenvalue weighted by Crippen LogP contribution is 2.29. The summed E-state index contributed by atoms with van der Waals surface area (Å²) in [7, 11) is 1.57. The van der Waals surface area contributed by atoms with Crippen molar-refractivity contribution in [3.63, 3.8) is 0 Å². The molecule has 170 valence electrons. The van der Waals surface area contributed by atoms with E-state index in [4.69, 9.17) is 10.5 Å². The smallest absolute Gasteiger partial charge is 0.284 e. The molecule has 4 N–H and O–H groups in total. The van der Waals surface area contributed by atoms with Gasteiger partial charge in [0.15, 0.2) is 10.8 Å². The minimum absolute atomic E-state index is 0.327. The molecule has 0 atom stereocenters. The number of hydrogen-bond donors (Lipinski definition) is 3. The maximum Gasteiger partial charge on any atom is 0.284 e. The van der Waals surface area contributed by atoms with Crippen molar-refractivity contribution in [1.29, 1.82) is 0 Å². The Morgan fingerprint density at radius 1 is 1.24 bits per heavy atom. The van der Waals surface area contributed by atoms with Gasteiger partial charge in [0, 0.05) is 23.5 Å². The second-order valence-corrected chi connectivity index (χ2v) is 8.34. The molecule has 0 radical (unpaired) electrons. The number of thiazole rings is 1. The SMILES string of the molecule is COc1ccc(N/C(=C/[N+](=O)[O-])N2CCc3nc(C(=O)Nc4ccccc4N)sc3C2)cc1. The quantitative estimate of drug-likeness (QED) is 0.273. The highest BCUT2D eigenvalue weighted by Gasteiger charge is 2.26. The van der Waals surface area contributed by atoms with Gasteiger partial charge < -0.3 is 26.0 Å². The van der Waals surface area contributed by atoms with Crippen molar-refractivity contribution in [2.24, 2.45) is 0 Å². The largest absolute Gasteiger partial charge is 0.497 e. The van der Waals surface area contributed by atoms with E-state index in [-0.39, 0.29) is 5.91 Å². The van der Waals surface area contributed by atoms with Crippen LogP contribution in [-0.4, -0.2) is 34.4 Å². The number of benzene rings is 2. The van der Waals surface area contributed by atoms with Gasteiger partial charge in [-0.05, 0) is 36.4 Å². The maximum absolute atomic E-state index is 12.7. The van der Waals surface area contributed by atoms with Gasteiger partial charge in [-0.3, -0.25) is 14.9 Å². The van der Waals surface area contributed by atoms with Gasteiger partial charge in [-0.15, -0.1) is 11.3 Å². The molecule has 3 aromatic rings. The van der Waals surface area contributed by atoms with Crippen LogP contribution in [0.25, 0.3) is 0 Å². The number of carbonyl (C=O) groups excluding carboxylic acids is 1. The summed E-state index contributed by atoms with van der Waals surface area (Å²) in [5, 5.41) is 17.5. The first-order chi connectivity index (χ1) is 15.9. The van der Waals surface area contributed by atoms with Crippen LogP contribution in [0.3, 0.4) is 0 Å². The van der Waals surface area contributed by atoms with E-state index < -0.39 is 4.92 Å². The number of amides is 1. The topological polar surface area (TPSA) is 136 Å². The fourth-order valence-electron chi connectivity index (χ4n) is 3.40. The second-order valence-electron chi connectivity index (χ2n) is 7.26. The molecule has 0 spiro atoms. The van der Waals surface area contributed by atoms with Crippen LogP contribution >= 0.6 is 11.3 Å². The van der Waals surface area contributed by atoms with Crippen molar-refractivity contribution in [3.8, 4) is 5.75 Å². The molecular weight excluding hydrogens is 444 g/mol. The summed E-state index contributed by atoms with van der Waals surface area (Å²) in [4.78, 5) is 30.7. The van der Waals surface area contributed by atoms with Crippen LogP contribution in [-0.2, 0) is 13.0 Å². The molecule has 0 bridgehead atoms. The van der Waals surface area contributed by atoms with E-state index >= 15 is 0 Å². The van der Waals surface area contributed by atoms with E-state index in [0.29, 0.717) is 53.2 Å². The Morgan fingerprint density at radius 2 is 2.00 bits per heavy atom. The van der Waals surface area contributed by atoms with E-state index in [1.165, 1.54) is 11.3 Å². The zero-order valence-corrected chi connectivity index (χ0v) is 18.6. The Labute approximate surface area is 193 Å². The number of para-hydroxylation sites is 2. The highest BCUT2D eigenvalue weighted by molar-refractivity contribution is 7.13. The number of anilines is 3. The van der Waals surface area contributed by atoms with Crippen LogP contribution < -0.4 is 21.1 Å². The number of methoxy groups -OCH3 is 1. The second kappa shape index (κ2) is 9.57. The van der Waals surface area contributed by atoms with E-state index in [9.17, 15) is 14.9 Å². The first kappa shape index (κ1) is 22.1. The third kappa shape index (κ3) is 5.21. The van der Waals surface area contributed by atoms with Gasteiger partial charge in [0.2, 0.25) is 0 Å². The zero-order chi connectivity index (χ0) is 23.4. The molecular formula is C22H22N6O4S. The number of nitrogens with one attached hydrogen (secondary N) is 2. The standard InChI is InChI=1S/C22H22N6O4S/c1-32-15-8-6-14(7-9-15)24-20(13-28(30)31)27-11-10-18-19(12-27)33-22(26-18)21(29)25-17-5-3-2-4-16(17)23/h2-9,13,24H,10-12,23H2,1H3,(H,25,29)/b20-13-. The van der Waals surface area contributed by atoms with E-state index in [1.54, 1.807) is 55.6 Å². The number of nitro groups is 1. The van der Waals surface area contributed by atoms with Gasteiger partial charge in [0.05, 0.1) is 35.6 Å². The van der Waals surface area contributed by atoms with Crippen molar-refractivity contribution in [2.75, 3.05) is 30.0 Å². The Morgan fingerprint density at radius 3 is 2.70 bits per heavy atom. The van der Waals surface area contributed by atoms with Gasteiger partial charge in [0.25, 0.3) is 12.1 Å². The predicted molar refractivity (Wildman–Crippen MR) is 127 cm³/mol. The lowest BCUT2D eigenvalue weighted by atomic mass is 10.2. The molecule has 4 rings (SSSR count). The number of aromatic nitrogens is 1. The van der Waals surface area contributed by atoms with Crippen LogP contribution in [0.5, 0.6) is 5.75 Å². The van der Waals surface area contributed by atoms with E-state index in [0.717, 1.165) is 16.8 Å². The molecule has 0 saturated carbocycles. The molecule has 0 fully saturated rings. The number of fused-ring (bicyclic) bond motifs is 1. The average molecular weight is 467 g/mol. The minimum atomic E-state index is -0.489. The van der Waals surface area contributed by atoms with E-state index in [1.807, 2.05) is 4.90 Å². The van der Waals surface area contributed by atoms with Crippen LogP contribution in [0, 0.1) is 10.1 Å². The van der Waals surface area contributed by atoms with Crippen LogP contribution in [0.15, 0.2) is 60.6 Å². The summed E-state index contributed by atoms with van der Waals surface area (Å²) >= 11 is 1.27. The number of nitrogens with zero attached hydrogens (tertiary/aromatic N) is 3. The number of nitrogens with two attached hydrogens (primary N) is 1. The fourth-order valence-corrected chi connectivity index (χ4v) is 4.42. The molecule has 0 aliphatic carbocycles. The van der Waals surface area contributed by atoms with Crippen LogP contribution in [0.2, 0.25) is 0 Å². The fraction of sp³-hybridized carbons (Fsp3) is 0.182. The van der Waals surface area contributed by atoms with Crippen LogP contribution in [0.1, 0.15) is 20.4 Å². The molecule has 1 aromatic heterocycles. The van der Waals surface area contributed by atoms with Gasteiger partial charge >= 0.3 is 0 Å². The molecule has 1 aliphatic rings. The summed E-state index contributed by atoms with van der Waals surface area (Å²) in [6.07, 6.45) is 1.51. The first-order valence-corrected chi connectivity index (χ1v) is 10.9. The van der Waals surface area contributed by atoms with Gasteiger partial charge in [-0.1, -0.05) is 12.1 Å². The lowest BCUT2D eigenvalue weighted by Crippen LogP contribution is -2.33. The normalized spacial score (nSPS) is 13.2. The van der Waals surface area contributed by atoms with Gasteiger partial charge in [-0.25, -0.2) is 4.98 Å². The Kier molecular flexibility index (Phi) is 6.41. The number of rotatable bonds is 7. The Hall–Kier alpha value is -4.12. The lowest BCUT2D eigenvalue weighted by Gasteiger charge is -2.29.